The zero-order valence-electron chi connectivity index (χ0n) is 18.8. The largest absolute Gasteiger partial charge is 0.379 e. The minimum absolute atomic E-state index is 0.0206. The molecule has 2 aliphatic rings. The molecular formula is C25H27N3O4S2. The van der Waals surface area contributed by atoms with E-state index in [1.807, 2.05) is 23.1 Å². The van der Waals surface area contributed by atoms with E-state index in [9.17, 15) is 13.2 Å². The molecular weight excluding hydrogens is 470 g/mol. The molecule has 0 spiro atoms. The summed E-state index contributed by atoms with van der Waals surface area (Å²) in [5, 5.41) is 1.16. The number of fused-ring (bicyclic) bond motifs is 1. The Kier molecular flexibility index (Phi) is 6.78. The second kappa shape index (κ2) is 9.95. The van der Waals surface area contributed by atoms with E-state index >= 15 is 0 Å². The van der Waals surface area contributed by atoms with Crippen LogP contribution in [0.4, 0.5) is 0 Å². The van der Waals surface area contributed by atoms with Crippen molar-refractivity contribution in [2.75, 3.05) is 39.4 Å². The van der Waals surface area contributed by atoms with E-state index in [1.54, 1.807) is 47.8 Å². The van der Waals surface area contributed by atoms with Gasteiger partial charge < -0.3 is 9.64 Å². The molecule has 1 aromatic heterocycles. The third kappa shape index (κ3) is 4.93. The van der Waals surface area contributed by atoms with Crippen LogP contribution in [0.1, 0.15) is 29.3 Å². The lowest BCUT2D eigenvalue weighted by Gasteiger charge is -2.30. The zero-order chi connectivity index (χ0) is 23.5. The van der Waals surface area contributed by atoms with Crippen LogP contribution in [0.5, 0.6) is 0 Å². The molecule has 3 aromatic rings. The van der Waals surface area contributed by atoms with E-state index in [0.717, 1.165) is 28.9 Å². The van der Waals surface area contributed by atoms with Gasteiger partial charge in [0.1, 0.15) is 0 Å². The number of amides is 1. The first-order chi connectivity index (χ1) is 16.5. The maximum atomic E-state index is 12.7. The van der Waals surface area contributed by atoms with Gasteiger partial charge in [-0.05, 0) is 48.7 Å². The van der Waals surface area contributed by atoms with E-state index in [4.69, 9.17) is 9.72 Å². The molecule has 0 N–H and O–H groups in total. The summed E-state index contributed by atoms with van der Waals surface area (Å²) in [4.78, 5) is 19.6. The highest BCUT2D eigenvalue weighted by Gasteiger charge is 2.27. The van der Waals surface area contributed by atoms with Crippen LogP contribution < -0.4 is 0 Å². The molecule has 34 heavy (non-hydrogen) atoms. The molecule has 9 heteroatoms. The number of carbonyl (C=O) groups is 1. The van der Waals surface area contributed by atoms with Crippen LogP contribution in [0.3, 0.4) is 0 Å². The topological polar surface area (TPSA) is 79.8 Å². The standard InChI is InChI=1S/C25H27N3O4S2/c29-24(27-13-11-20(12-14-27)25-26-22-3-1-2-4-23(22)33-25)10-7-19-5-8-21(9-6-19)34(30,31)28-15-17-32-18-16-28/h1-10,20H,11-18H2. The maximum Gasteiger partial charge on any atom is 0.246 e. The molecule has 7 nitrogen and oxygen atoms in total. The summed E-state index contributed by atoms with van der Waals surface area (Å²) in [6.45, 7) is 2.99. The van der Waals surface area contributed by atoms with Crippen molar-refractivity contribution < 1.29 is 17.9 Å². The smallest absolute Gasteiger partial charge is 0.246 e. The SMILES string of the molecule is O=C(C=Cc1ccc(S(=O)(=O)N2CCOCC2)cc1)N1CCC(c2nc3ccccc3s2)CC1. The highest BCUT2D eigenvalue weighted by Crippen LogP contribution is 2.33. The van der Waals surface area contributed by atoms with Crippen molar-refractivity contribution in [3.8, 4) is 0 Å². The average molecular weight is 498 g/mol. The first-order valence-electron chi connectivity index (χ1n) is 11.5. The van der Waals surface area contributed by atoms with Gasteiger partial charge in [0.15, 0.2) is 0 Å². The Morgan fingerprint density at radius 3 is 2.41 bits per heavy atom. The first kappa shape index (κ1) is 23.2. The molecule has 1 amide bonds. The number of sulfonamides is 1. The van der Waals surface area contributed by atoms with Crippen molar-refractivity contribution in [2.24, 2.45) is 0 Å². The fraction of sp³-hybridized carbons (Fsp3) is 0.360. The summed E-state index contributed by atoms with van der Waals surface area (Å²) in [5.74, 6) is 0.374. The molecule has 0 radical (unpaired) electrons. The van der Waals surface area contributed by atoms with Gasteiger partial charge in [-0.1, -0.05) is 24.3 Å². The van der Waals surface area contributed by atoms with Crippen molar-refractivity contribution in [3.05, 3.63) is 65.2 Å². The van der Waals surface area contributed by atoms with E-state index in [-0.39, 0.29) is 10.8 Å². The number of para-hydroxylation sites is 1. The Hall–Kier alpha value is -2.59. The number of hydrogen-bond acceptors (Lipinski definition) is 6. The number of benzene rings is 2. The summed E-state index contributed by atoms with van der Waals surface area (Å²) in [7, 11) is -3.51. The molecule has 0 aliphatic carbocycles. The van der Waals surface area contributed by atoms with E-state index in [0.29, 0.717) is 45.3 Å². The summed E-state index contributed by atoms with van der Waals surface area (Å²) >= 11 is 1.75. The molecule has 0 unspecified atom stereocenters. The Bertz CT molecular complexity index is 1250. The molecule has 2 aromatic carbocycles. The molecule has 0 atom stereocenters. The van der Waals surface area contributed by atoms with E-state index in [2.05, 4.69) is 6.07 Å². The van der Waals surface area contributed by atoms with Gasteiger partial charge in [-0.3, -0.25) is 4.79 Å². The zero-order valence-corrected chi connectivity index (χ0v) is 20.4. The fourth-order valence-electron chi connectivity index (χ4n) is 4.37. The van der Waals surface area contributed by atoms with Gasteiger partial charge in [-0.15, -0.1) is 11.3 Å². The second-order valence-electron chi connectivity index (χ2n) is 8.54. The Morgan fingerprint density at radius 1 is 1.00 bits per heavy atom. The van der Waals surface area contributed by atoms with Crippen LogP contribution in [0.25, 0.3) is 16.3 Å². The van der Waals surface area contributed by atoms with Crippen LogP contribution in [0.15, 0.2) is 59.5 Å². The molecule has 5 rings (SSSR count). The van der Waals surface area contributed by atoms with E-state index in [1.165, 1.54) is 9.01 Å². The highest BCUT2D eigenvalue weighted by atomic mass is 32.2. The summed E-state index contributed by atoms with van der Waals surface area (Å²) in [6, 6.07) is 14.8. The number of rotatable bonds is 5. The lowest BCUT2D eigenvalue weighted by Crippen LogP contribution is -2.40. The van der Waals surface area contributed by atoms with Gasteiger partial charge >= 0.3 is 0 Å². The molecule has 2 saturated heterocycles. The third-order valence-corrected chi connectivity index (χ3v) is 9.48. The maximum absolute atomic E-state index is 12.7. The van der Waals surface area contributed by atoms with Gasteiger partial charge in [0.25, 0.3) is 0 Å². The lowest BCUT2D eigenvalue weighted by atomic mass is 9.97. The fourth-order valence-corrected chi connectivity index (χ4v) is 6.92. The normalized spacial score (nSPS) is 18.6. The third-order valence-electron chi connectivity index (χ3n) is 6.37. The van der Waals surface area contributed by atoms with Gasteiger partial charge in [0.05, 0.1) is 33.3 Å². The number of aromatic nitrogens is 1. The second-order valence-corrected chi connectivity index (χ2v) is 11.5. The van der Waals surface area contributed by atoms with Crippen LogP contribution >= 0.6 is 11.3 Å². The Balaban J connectivity index is 1.17. The molecule has 2 aliphatic heterocycles. The van der Waals surface area contributed by atoms with Gasteiger partial charge in [0, 0.05) is 38.2 Å². The Labute approximate surface area is 203 Å². The number of thiazole rings is 1. The van der Waals surface area contributed by atoms with Crippen LogP contribution in [0.2, 0.25) is 0 Å². The van der Waals surface area contributed by atoms with Gasteiger partial charge in [-0.25, -0.2) is 13.4 Å². The van der Waals surface area contributed by atoms with Crippen molar-refractivity contribution in [1.82, 2.24) is 14.2 Å². The summed E-state index contributed by atoms with van der Waals surface area (Å²) in [5.41, 5.74) is 1.84. The number of morpholine rings is 1. The minimum Gasteiger partial charge on any atom is -0.379 e. The van der Waals surface area contributed by atoms with E-state index < -0.39 is 10.0 Å². The number of carbonyl (C=O) groups excluding carboxylic acids is 1. The average Bonchev–Trinajstić information content (AvgIpc) is 3.32. The predicted octanol–water partition coefficient (Wildman–Crippen LogP) is 3.74. The number of ether oxygens (including phenoxy) is 1. The Morgan fingerprint density at radius 2 is 1.71 bits per heavy atom. The molecule has 2 fully saturated rings. The lowest BCUT2D eigenvalue weighted by molar-refractivity contribution is -0.126. The quantitative estimate of drug-likeness (QED) is 0.502. The van der Waals surface area contributed by atoms with Gasteiger partial charge in [-0.2, -0.15) is 4.31 Å². The van der Waals surface area contributed by atoms with Crippen molar-refractivity contribution >= 4 is 43.6 Å². The molecule has 0 saturated carbocycles. The molecule has 3 heterocycles. The monoisotopic (exact) mass is 497 g/mol. The predicted molar refractivity (Wildman–Crippen MR) is 133 cm³/mol. The van der Waals surface area contributed by atoms with Crippen molar-refractivity contribution in [1.29, 1.82) is 0 Å². The molecule has 178 valence electrons. The van der Waals surface area contributed by atoms with Crippen molar-refractivity contribution in [3.63, 3.8) is 0 Å². The number of piperidine rings is 1. The summed E-state index contributed by atoms with van der Waals surface area (Å²) in [6.07, 6.45) is 5.14. The van der Waals surface area contributed by atoms with Gasteiger partial charge in [0.2, 0.25) is 15.9 Å². The first-order valence-corrected chi connectivity index (χ1v) is 13.8. The highest BCUT2D eigenvalue weighted by molar-refractivity contribution is 7.89. The molecule has 0 bridgehead atoms. The minimum atomic E-state index is -3.51. The van der Waals surface area contributed by atoms with Crippen LogP contribution in [-0.4, -0.2) is 67.9 Å². The number of likely N-dealkylation sites (tertiary alicyclic amines) is 1. The van der Waals surface area contributed by atoms with Crippen LogP contribution in [0, 0.1) is 0 Å². The van der Waals surface area contributed by atoms with Crippen molar-refractivity contribution in [2.45, 2.75) is 23.7 Å². The van der Waals surface area contributed by atoms with Crippen LogP contribution in [-0.2, 0) is 19.6 Å². The number of hydrogen-bond donors (Lipinski definition) is 0. The summed E-state index contributed by atoms with van der Waals surface area (Å²) < 4.78 is 33.4. The number of nitrogens with zero attached hydrogens (tertiary/aromatic N) is 3.